The van der Waals surface area contributed by atoms with Gasteiger partial charge < -0.3 is 0 Å². The molecule has 0 atom stereocenters. The number of hydrogen-bond donors (Lipinski definition) is 0. The highest BCUT2D eigenvalue weighted by molar-refractivity contribution is 6.33. The normalized spacial score (nSPS) is 16.6. The molecule has 0 spiro atoms. The third kappa shape index (κ3) is 2.16. The van der Waals surface area contributed by atoms with Crippen molar-refractivity contribution >= 4 is 29.2 Å². The molecule has 2 heterocycles. The van der Waals surface area contributed by atoms with Crippen LogP contribution in [0.1, 0.15) is 11.1 Å². The molecule has 2 aromatic carbocycles. The van der Waals surface area contributed by atoms with Crippen LogP contribution in [0.3, 0.4) is 0 Å². The van der Waals surface area contributed by atoms with Gasteiger partial charge in [0.2, 0.25) is 0 Å². The van der Waals surface area contributed by atoms with Gasteiger partial charge >= 0.3 is 0 Å². The molecule has 0 radical (unpaired) electrons. The number of para-hydroxylation sites is 1. The van der Waals surface area contributed by atoms with Crippen LogP contribution in [0, 0.1) is 0 Å². The Labute approximate surface area is 133 Å². The van der Waals surface area contributed by atoms with Crippen molar-refractivity contribution in [2.45, 2.75) is 0 Å². The number of rotatable bonds is 2. The molecule has 4 heteroatoms. The van der Waals surface area contributed by atoms with Gasteiger partial charge in [-0.05, 0) is 17.2 Å². The summed E-state index contributed by atoms with van der Waals surface area (Å²) in [5.74, 6) is -0.592. The number of fused-ring (bicyclic) bond motifs is 1. The summed E-state index contributed by atoms with van der Waals surface area (Å²) in [4.78, 5) is 25.2. The molecule has 2 aromatic rings. The summed E-state index contributed by atoms with van der Waals surface area (Å²) in [6, 6.07) is 17.0. The molecular weight excluding hydrogens is 288 g/mol. The number of nitrogens with zero attached hydrogens (tertiary/aromatic N) is 2. The molecule has 2 aliphatic rings. The number of hydrazine groups is 1. The number of carbonyl (C=O) groups is 2. The second-order valence-corrected chi connectivity index (χ2v) is 5.42. The first-order valence-electron chi connectivity index (χ1n) is 7.44. The lowest BCUT2D eigenvalue weighted by atomic mass is 10.1. The van der Waals surface area contributed by atoms with Gasteiger partial charge in [0.05, 0.1) is 17.8 Å². The minimum atomic E-state index is -0.307. The van der Waals surface area contributed by atoms with Crippen molar-refractivity contribution in [3.05, 3.63) is 77.9 Å². The van der Waals surface area contributed by atoms with Gasteiger partial charge in [-0.3, -0.25) is 14.6 Å². The van der Waals surface area contributed by atoms with Gasteiger partial charge in [0, 0.05) is 6.08 Å². The summed E-state index contributed by atoms with van der Waals surface area (Å²) in [7, 11) is 0. The lowest BCUT2D eigenvalue weighted by Crippen LogP contribution is -2.48. The van der Waals surface area contributed by atoms with E-state index in [4.69, 9.17) is 0 Å². The van der Waals surface area contributed by atoms with E-state index in [9.17, 15) is 9.59 Å². The third-order valence-corrected chi connectivity index (χ3v) is 4.02. The summed E-state index contributed by atoms with van der Waals surface area (Å²) in [5, 5.41) is 2.96. The molecule has 0 unspecified atom stereocenters. The Kier molecular flexibility index (Phi) is 3.08. The van der Waals surface area contributed by atoms with E-state index in [1.807, 2.05) is 66.7 Å². The summed E-state index contributed by atoms with van der Waals surface area (Å²) in [6.45, 7) is 0.490. The van der Waals surface area contributed by atoms with Crippen LogP contribution in [-0.2, 0) is 9.59 Å². The van der Waals surface area contributed by atoms with Crippen LogP contribution >= 0.6 is 0 Å². The number of imide groups is 1. The van der Waals surface area contributed by atoms with E-state index in [0.717, 1.165) is 16.8 Å². The van der Waals surface area contributed by atoms with E-state index in [0.29, 0.717) is 12.1 Å². The van der Waals surface area contributed by atoms with Crippen molar-refractivity contribution in [3.63, 3.8) is 0 Å². The molecule has 0 aliphatic carbocycles. The predicted octanol–water partition coefficient (Wildman–Crippen LogP) is 2.89. The van der Waals surface area contributed by atoms with E-state index in [-0.39, 0.29) is 11.8 Å². The van der Waals surface area contributed by atoms with Crippen LogP contribution in [0.2, 0.25) is 0 Å². The minimum Gasteiger partial charge on any atom is -0.271 e. The predicted molar refractivity (Wildman–Crippen MR) is 89.1 cm³/mol. The van der Waals surface area contributed by atoms with Crippen molar-refractivity contribution in [3.8, 4) is 0 Å². The molecule has 0 saturated heterocycles. The zero-order chi connectivity index (χ0) is 15.8. The Morgan fingerprint density at radius 1 is 0.870 bits per heavy atom. The first-order valence-corrected chi connectivity index (χ1v) is 7.44. The molecule has 0 bridgehead atoms. The second kappa shape index (κ2) is 5.25. The summed E-state index contributed by atoms with van der Waals surface area (Å²) < 4.78 is 0. The maximum absolute atomic E-state index is 12.8. The number of carbonyl (C=O) groups excluding carboxylic acids is 2. The Bertz CT molecular complexity index is 853. The Morgan fingerprint density at radius 3 is 2.43 bits per heavy atom. The number of benzene rings is 2. The molecule has 112 valence electrons. The lowest BCUT2D eigenvalue weighted by Gasteiger charge is -2.34. The minimum absolute atomic E-state index is 0.286. The first kappa shape index (κ1) is 13.5. The summed E-state index contributed by atoms with van der Waals surface area (Å²) >= 11 is 0. The number of hydrogen-bond acceptors (Lipinski definition) is 3. The molecule has 0 saturated carbocycles. The highest BCUT2D eigenvalue weighted by Gasteiger charge is 2.37. The van der Waals surface area contributed by atoms with Crippen LogP contribution in [0.15, 0.2) is 66.7 Å². The maximum Gasteiger partial charge on any atom is 0.280 e. The van der Waals surface area contributed by atoms with Crippen LogP contribution in [0.5, 0.6) is 0 Å². The monoisotopic (exact) mass is 302 g/mol. The van der Waals surface area contributed by atoms with Crippen LogP contribution in [-0.4, -0.2) is 23.4 Å². The largest absolute Gasteiger partial charge is 0.280 e. The first-order chi connectivity index (χ1) is 11.3. The summed E-state index contributed by atoms with van der Waals surface area (Å²) in [6.07, 6.45) is 5.37. The molecule has 2 amide bonds. The molecule has 4 nitrogen and oxygen atoms in total. The Balaban J connectivity index is 1.71. The van der Waals surface area contributed by atoms with Crippen molar-refractivity contribution < 1.29 is 9.59 Å². The highest BCUT2D eigenvalue weighted by atomic mass is 16.2. The smallest absolute Gasteiger partial charge is 0.271 e. The topological polar surface area (TPSA) is 40.6 Å². The van der Waals surface area contributed by atoms with Gasteiger partial charge in [0.15, 0.2) is 0 Å². The fraction of sp³-hybridized carbons (Fsp3) is 0.0526. The highest BCUT2D eigenvalue weighted by Crippen LogP contribution is 2.31. The van der Waals surface area contributed by atoms with Gasteiger partial charge in [-0.25, -0.2) is 0 Å². The number of amides is 2. The van der Waals surface area contributed by atoms with Crippen molar-refractivity contribution in [1.82, 2.24) is 5.01 Å². The fourth-order valence-corrected chi connectivity index (χ4v) is 2.94. The van der Waals surface area contributed by atoms with E-state index in [1.165, 1.54) is 11.1 Å². The molecule has 0 N–H and O–H groups in total. The van der Waals surface area contributed by atoms with E-state index in [1.54, 1.807) is 5.01 Å². The quantitative estimate of drug-likeness (QED) is 0.801. The zero-order valence-corrected chi connectivity index (χ0v) is 12.3. The molecule has 0 aromatic heterocycles. The SMILES string of the molecule is O=C1C=C(c2ccccc2)C(=O)N1N1CC=Cc2ccccc21. The Morgan fingerprint density at radius 2 is 1.61 bits per heavy atom. The average Bonchev–Trinajstić information content (AvgIpc) is 2.90. The van der Waals surface area contributed by atoms with Gasteiger partial charge in [-0.1, -0.05) is 60.7 Å². The standard InChI is InChI=1S/C19H14N2O2/c22-18-13-16(14-7-2-1-3-8-14)19(23)21(18)20-12-6-10-15-9-4-5-11-17(15)20/h1-11,13H,12H2. The lowest BCUT2D eigenvalue weighted by molar-refractivity contribution is -0.137. The molecule has 4 rings (SSSR count). The van der Waals surface area contributed by atoms with Gasteiger partial charge in [-0.15, -0.1) is 0 Å². The van der Waals surface area contributed by atoms with Crippen LogP contribution < -0.4 is 5.01 Å². The molecule has 2 aliphatic heterocycles. The third-order valence-electron chi connectivity index (χ3n) is 4.02. The summed E-state index contributed by atoms with van der Waals surface area (Å²) in [5.41, 5.74) is 3.05. The van der Waals surface area contributed by atoms with Crippen molar-refractivity contribution in [2.75, 3.05) is 11.6 Å². The fourth-order valence-electron chi connectivity index (χ4n) is 2.94. The maximum atomic E-state index is 12.8. The van der Waals surface area contributed by atoms with Gasteiger partial charge in [0.1, 0.15) is 0 Å². The van der Waals surface area contributed by atoms with E-state index >= 15 is 0 Å². The van der Waals surface area contributed by atoms with Gasteiger partial charge in [-0.2, -0.15) is 5.01 Å². The molecule has 23 heavy (non-hydrogen) atoms. The van der Waals surface area contributed by atoms with Crippen molar-refractivity contribution in [2.24, 2.45) is 0 Å². The number of anilines is 1. The Hall–Kier alpha value is -3.14. The van der Waals surface area contributed by atoms with Crippen molar-refractivity contribution in [1.29, 1.82) is 0 Å². The zero-order valence-electron chi connectivity index (χ0n) is 12.3. The molecule has 0 fully saturated rings. The van der Waals surface area contributed by atoms with E-state index < -0.39 is 0 Å². The second-order valence-electron chi connectivity index (χ2n) is 5.42. The van der Waals surface area contributed by atoms with Crippen LogP contribution in [0.25, 0.3) is 11.6 Å². The van der Waals surface area contributed by atoms with Gasteiger partial charge in [0.25, 0.3) is 11.8 Å². The van der Waals surface area contributed by atoms with E-state index in [2.05, 4.69) is 0 Å². The molecular formula is C19H14N2O2. The average molecular weight is 302 g/mol. The van der Waals surface area contributed by atoms with Crippen LogP contribution in [0.4, 0.5) is 5.69 Å².